The largest absolute Gasteiger partial charge is 0.396 e. The van der Waals surface area contributed by atoms with Gasteiger partial charge in [0.15, 0.2) is 0 Å². The van der Waals surface area contributed by atoms with Crippen LogP contribution in [0.1, 0.15) is 47.0 Å². The molecule has 0 saturated carbocycles. The zero-order chi connectivity index (χ0) is 14.2. The first-order valence-corrected chi connectivity index (χ1v) is 7.92. The van der Waals surface area contributed by atoms with Gasteiger partial charge in [-0.3, -0.25) is 4.79 Å². The highest BCUT2D eigenvalue weighted by molar-refractivity contribution is 8.00. The summed E-state index contributed by atoms with van der Waals surface area (Å²) < 4.78 is 5.98. The molecule has 0 amide bonds. The van der Waals surface area contributed by atoms with E-state index >= 15 is 0 Å². The lowest BCUT2D eigenvalue weighted by atomic mass is 10.0. The van der Waals surface area contributed by atoms with E-state index in [0.29, 0.717) is 13.0 Å². The van der Waals surface area contributed by atoms with Gasteiger partial charge in [-0.15, -0.1) is 0 Å². The molecule has 0 aromatic heterocycles. The number of thioether (sulfide) groups is 1. The Kier molecular flexibility index (Phi) is 8.70. The molecule has 0 aliphatic heterocycles. The molecule has 0 heterocycles. The maximum atomic E-state index is 10.9. The van der Waals surface area contributed by atoms with E-state index in [1.807, 2.05) is 13.8 Å². The van der Waals surface area contributed by atoms with E-state index in [9.17, 15) is 4.79 Å². The number of hydrogen-bond donors (Lipinski definition) is 1. The van der Waals surface area contributed by atoms with Crippen molar-refractivity contribution in [2.45, 2.75) is 57.3 Å². The van der Waals surface area contributed by atoms with Crippen LogP contribution in [0, 0.1) is 0 Å². The van der Waals surface area contributed by atoms with Gasteiger partial charge in [0.25, 0.3) is 0 Å². The molecular weight excluding hydrogens is 267 g/mol. The topological polar surface area (TPSA) is 46.5 Å². The zero-order valence-corrected chi connectivity index (χ0v) is 14.0. The highest BCUT2D eigenvalue weighted by Crippen LogP contribution is 2.28. The van der Waals surface area contributed by atoms with E-state index in [0.717, 1.165) is 18.6 Å². The molecule has 108 valence electrons. The Morgan fingerprint density at radius 1 is 1.28 bits per heavy atom. The van der Waals surface area contributed by atoms with Crippen LogP contribution in [0.15, 0.2) is 0 Å². The molecule has 0 bridgehead atoms. The van der Waals surface area contributed by atoms with Crippen molar-refractivity contribution in [3.63, 3.8) is 0 Å². The fourth-order valence-electron chi connectivity index (χ4n) is 1.46. The first-order chi connectivity index (χ1) is 8.18. The molecular formula is C13H27O3PS. The van der Waals surface area contributed by atoms with Crippen LogP contribution in [-0.4, -0.2) is 39.9 Å². The summed E-state index contributed by atoms with van der Waals surface area (Å²) in [6.45, 7) is 9.27. The number of aliphatic hydroxyl groups is 1. The van der Waals surface area contributed by atoms with Crippen LogP contribution in [-0.2, 0) is 9.53 Å². The molecule has 0 spiro atoms. The van der Waals surface area contributed by atoms with Crippen LogP contribution in [0.25, 0.3) is 0 Å². The molecule has 1 atom stereocenters. The Hall–Kier alpha value is 0.370. The second-order valence-electron chi connectivity index (χ2n) is 5.66. The molecule has 0 aliphatic rings. The minimum atomic E-state index is -0.246. The van der Waals surface area contributed by atoms with E-state index < -0.39 is 0 Å². The second-order valence-corrected chi connectivity index (χ2v) is 8.10. The first-order valence-electron chi connectivity index (χ1n) is 6.36. The predicted octanol–water partition coefficient (Wildman–Crippen LogP) is 2.86. The molecule has 0 radical (unpaired) electrons. The third-order valence-corrected chi connectivity index (χ3v) is 4.42. The molecule has 1 unspecified atom stereocenters. The second kappa shape index (κ2) is 8.52. The Bertz CT molecular complexity index is 255. The number of ether oxygens (including phenoxy) is 1. The molecule has 0 rings (SSSR count). The summed E-state index contributed by atoms with van der Waals surface area (Å²) in [6.07, 6.45) is 2.23. The van der Waals surface area contributed by atoms with Crippen molar-refractivity contribution in [3.8, 4) is 0 Å². The molecule has 0 aliphatic carbocycles. The minimum absolute atomic E-state index is 0.120. The number of carbonyl (C=O) groups excluding carboxylic acids is 1. The van der Waals surface area contributed by atoms with Gasteiger partial charge in [-0.05, 0) is 26.7 Å². The third-order valence-electron chi connectivity index (χ3n) is 2.75. The Morgan fingerprint density at radius 2 is 1.89 bits per heavy atom. The summed E-state index contributed by atoms with van der Waals surface area (Å²) >= 11 is 1.76. The summed E-state index contributed by atoms with van der Waals surface area (Å²) in [5.74, 6) is 0.762. The Labute approximate surface area is 118 Å². The van der Waals surface area contributed by atoms with Crippen LogP contribution in [0.2, 0.25) is 0 Å². The molecule has 0 aromatic carbocycles. The molecule has 0 saturated heterocycles. The smallest absolute Gasteiger partial charge is 0.148 e. The SMILES string of the molecule is CC(C)(CCC(=O)P)OCCC(C)(C)SCCO. The third kappa shape index (κ3) is 10.3. The van der Waals surface area contributed by atoms with Crippen molar-refractivity contribution in [2.24, 2.45) is 0 Å². The molecule has 1 N–H and O–H groups in total. The fourth-order valence-corrected chi connectivity index (χ4v) is 2.48. The van der Waals surface area contributed by atoms with E-state index in [2.05, 4.69) is 23.1 Å². The average Bonchev–Trinajstić information content (AvgIpc) is 2.23. The molecule has 0 fully saturated rings. The van der Waals surface area contributed by atoms with Crippen molar-refractivity contribution in [2.75, 3.05) is 19.0 Å². The minimum Gasteiger partial charge on any atom is -0.396 e. The van der Waals surface area contributed by atoms with E-state index in [1.54, 1.807) is 11.8 Å². The van der Waals surface area contributed by atoms with E-state index in [-0.39, 0.29) is 22.5 Å². The van der Waals surface area contributed by atoms with Gasteiger partial charge in [0.2, 0.25) is 0 Å². The van der Waals surface area contributed by atoms with Gasteiger partial charge < -0.3 is 9.84 Å². The van der Waals surface area contributed by atoms with Gasteiger partial charge in [-0.25, -0.2) is 0 Å². The van der Waals surface area contributed by atoms with Gasteiger partial charge >= 0.3 is 0 Å². The van der Waals surface area contributed by atoms with Gasteiger partial charge in [0.05, 0.1) is 12.2 Å². The quantitative estimate of drug-likeness (QED) is 0.629. The lowest BCUT2D eigenvalue weighted by molar-refractivity contribution is -0.112. The normalized spacial score (nSPS) is 12.8. The van der Waals surface area contributed by atoms with Gasteiger partial charge in [0, 0.05) is 23.5 Å². The number of rotatable bonds is 10. The Morgan fingerprint density at radius 3 is 2.39 bits per heavy atom. The highest BCUT2D eigenvalue weighted by Gasteiger charge is 2.22. The molecule has 0 aromatic rings. The van der Waals surface area contributed by atoms with Crippen LogP contribution >= 0.6 is 21.0 Å². The van der Waals surface area contributed by atoms with Gasteiger partial charge in [-0.2, -0.15) is 11.8 Å². The maximum absolute atomic E-state index is 10.9. The molecule has 5 heteroatoms. The molecule has 3 nitrogen and oxygen atoms in total. The van der Waals surface area contributed by atoms with Crippen LogP contribution < -0.4 is 0 Å². The monoisotopic (exact) mass is 294 g/mol. The van der Waals surface area contributed by atoms with Crippen LogP contribution in [0.5, 0.6) is 0 Å². The summed E-state index contributed by atoms with van der Waals surface area (Å²) in [7, 11) is 2.20. The summed E-state index contributed by atoms with van der Waals surface area (Å²) in [5, 5.41) is 8.82. The predicted molar refractivity (Wildman–Crippen MR) is 82.2 cm³/mol. The van der Waals surface area contributed by atoms with Crippen LogP contribution in [0.4, 0.5) is 0 Å². The van der Waals surface area contributed by atoms with Gasteiger partial charge in [-0.1, -0.05) is 23.1 Å². The van der Waals surface area contributed by atoms with Crippen molar-refractivity contribution in [3.05, 3.63) is 0 Å². The maximum Gasteiger partial charge on any atom is 0.148 e. The summed E-state index contributed by atoms with van der Waals surface area (Å²) in [6, 6.07) is 0. The summed E-state index contributed by atoms with van der Waals surface area (Å²) in [5.41, 5.74) is -0.116. The van der Waals surface area contributed by atoms with E-state index in [4.69, 9.17) is 9.84 Å². The van der Waals surface area contributed by atoms with E-state index in [1.165, 1.54) is 0 Å². The van der Waals surface area contributed by atoms with Crippen molar-refractivity contribution in [1.29, 1.82) is 0 Å². The lowest BCUT2D eigenvalue weighted by Gasteiger charge is -2.29. The van der Waals surface area contributed by atoms with Crippen molar-refractivity contribution >= 4 is 26.5 Å². The standard InChI is InChI=1S/C13H27O3PS/c1-12(2,6-5-11(15)17)16-9-7-13(3,4)18-10-8-14/h14H,5-10,17H2,1-4H3. The average molecular weight is 294 g/mol. The zero-order valence-electron chi connectivity index (χ0n) is 12.0. The van der Waals surface area contributed by atoms with Gasteiger partial charge in [0.1, 0.15) is 5.52 Å². The number of aliphatic hydroxyl groups excluding tert-OH is 1. The first kappa shape index (κ1) is 18.4. The number of carbonyl (C=O) groups is 1. The number of hydrogen-bond acceptors (Lipinski definition) is 4. The van der Waals surface area contributed by atoms with Crippen molar-refractivity contribution < 1.29 is 14.6 Å². The van der Waals surface area contributed by atoms with Crippen molar-refractivity contribution in [1.82, 2.24) is 0 Å². The summed E-state index contributed by atoms with van der Waals surface area (Å²) in [4.78, 5) is 10.9. The van der Waals surface area contributed by atoms with Crippen LogP contribution in [0.3, 0.4) is 0 Å². The fraction of sp³-hybridized carbons (Fsp3) is 0.923. The molecule has 18 heavy (non-hydrogen) atoms. The lowest BCUT2D eigenvalue weighted by Crippen LogP contribution is -2.28. The Balaban J connectivity index is 3.90. The highest BCUT2D eigenvalue weighted by atomic mass is 32.2.